The Kier molecular flexibility index (Phi) is 9.01. The first kappa shape index (κ1) is 25.6. The molecule has 0 atom stereocenters. The summed E-state index contributed by atoms with van der Waals surface area (Å²) in [5, 5.41) is 3.51. The smallest absolute Gasteiger partial charge is 0.255 e. The highest BCUT2D eigenvalue weighted by molar-refractivity contribution is 6.03. The molecule has 2 aromatic rings. The van der Waals surface area contributed by atoms with Gasteiger partial charge in [-0.05, 0) is 43.2 Å². The topological polar surface area (TPSA) is 48.1 Å². The summed E-state index contributed by atoms with van der Waals surface area (Å²) in [5.41, 5.74) is 4.46. The van der Waals surface area contributed by atoms with E-state index in [9.17, 15) is 9.18 Å². The summed E-state index contributed by atoms with van der Waals surface area (Å²) in [6, 6.07) is 8.68. The van der Waals surface area contributed by atoms with Gasteiger partial charge in [0.05, 0.1) is 29.7 Å². The van der Waals surface area contributed by atoms with Gasteiger partial charge in [-0.2, -0.15) is 0 Å². The highest BCUT2D eigenvalue weighted by Gasteiger charge is 2.26. The minimum absolute atomic E-state index is 0. The Morgan fingerprint density at radius 3 is 2.38 bits per heavy atom. The fourth-order valence-electron chi connectivity index (χ4n) is 4.00. The number of nitrogens with one attached hydrogen (secondary N) is 1. The minimum atomic E-state index is -0.276. The second-order valence-electron chi connectivity index (χ2n) is 8.13. The molecule has 0 bridgehead atoms. The maximum Gasteiger partial charge on any atom is 0.255 e. The molecule has 32 heavy (non-hydrogen) atoms. The van der Waals surface area contributed by atoms with Crippen LogP contribution in [0.4, 0.5) is 21.5 Å². The number of hydrogen-bond acceptors (Lipinski definition) is 5. The average molecular weight is 465 g/mol. The van der Waals surface area contributed by atoms with E-state index in [-0.39, 0.29) is 24.1 Å². The van der Waals surface area contributed by atoms with Crippen molar-refractivity contribution in [3.8, 4) is 5.75 Å². The molecule has 8 heteroatoms. The number of ether oxygens (including phenoxy) is 1. The van der Waals surface area contributed by atoms with E-state index in [2.05, 4.69) is 28.1 Å². The third-order valence-electron chi connectivity index (χ3n) is 5.53. The molecule has 3 rings (SSSR count). The minimum Gasteiger partial charge on any atom is -0.495 e. The highest BCUT2D eigenvalue weighted by atomic mass is 35.5. The summed E-state index contributed by atoms with van der Waals surface area (Å²) in [7, 11) is 5.16. The van der Waals surface area contributed by atoms with Crippen LogP contribution in [-0.2, 0) is 0 Å². The number of anilines is 3. The number of carbonyl (C=O) groups excluding carboxylic acids is 1. The second kappa shape index (κ2) is 11.3. The zero-order valence-corrected chi connectivity index (χ0v) is 20.4. The number of rotatable bonds is 7. The number of benzene rings is 2. The van der Waals surface area contributed by atoms with E-state index >= 15 is 0 Å². The Morgan fingerprint density at radius 1 is 1.12 bits per heavy atom. The van der Waals surface area contributed by atoms with E-state index < -0.39 is 0 Å². The molecule has 1 fully saturated rings. The van der Waals surface area contributed by atoms with Crippen molar-refractivity contribution in [3.05, 3.63) is 47.3 Å². The van der Waals surface area contributed by atoms with Crippen LogP contribution in [0.2, 0.25) is 0 Å². The van der Waals surface area contributed by atoms with Crippen molar-refractivity contribution < 1.29 is 13.9 Å². The molecule has 1 aliphatic heterocycles. The maximum atomic E-state index is 13.9. The number of nitrogens with zero attached hydrogens (tertiary/aromatic N) is 3. The van der Waals surface area contributed by atoms with Gasteiger partial charge >= 0.3 is 0 Å². The third-order valence-corrected chi connectivity index (χ3v) is 5.53. The van der Waals surface area contributed by atoms with Crippen LogP contribution in [0.1, 0.15) is 29.3 Å². The first-order chi connectivity index (χ1) is 14.8. The van der Waals surface area contributed by atoms with Crippen LogP contribution in [-0.4, -0.2) is 64.7 Å². The van der Waals surface area contributed by atoms with E-state index in [0.29, 0.717) is 24.4 Å². The molecule has 0 unspecified atom stereocenters. The largest absolute Gasteiger partial charge is 0.495 e. The van der Waals surface area contributed by atoms with E-state index in [0.717, 1.165) is 48.7 Å². The fourth-order valence-corrected chi connectivity index (χ4v) is 4.00. The summed E-state index contributed by atoms with van der Waals surface area (Å²) in [6.07, 6.45) is 0.998. The molecule has 2 aromatic carbocycles. The van der Waals surface area contributed by atoms with Crippen LogP contribution in [0.15, 0.2) is 30.3 Å². The number of piperazine rings is 1. The first-order valence-electron chi connectivity index (χ1n) is 10.8. The first-order valence-corrected chi connectivity index (χ1v) is 10.8. The highest BCUT2D eigenvalue weighted by Crippen LogP contribution is 2.35. The van der Waals surface area contributed by atoms with E-state index in [4.69, 9.17) is 4.74 Å². The van der Waals surface area contributed by atoms with E-state index in [1.54, 1.807) is 32.2 Å². The molecule has 0 radical (unpaired) electrons. The quantitative estimate of drug-likeness (QED) is 0.657. The molecule has 1 heterocycles. The molecule has 1 aliphatic rings. The van der Waals surface area contributed by atoms with Gasteiger partial charge in [-0.25, -0.2) is 4.39 Å². The van der Waals surface area contributed by atoms with E-state index in [1.165, 1.54) is 12.1 Å². The Labute approximate surface area is 196 Å². The van der Waals surface area contributed by atoms with Gasteiger partial charge in [0.2, 0.25) is 0 Å². The van der Waals surface area contributed by atoms with Crippen molar-refractivity contribution in [3.63, 3.8) is 0 Å². The molecule has 0 aliphatic carbocycles. The third kappa shape index (κ3) is 5.57. The molecule has 0 saturated carbocycles. The Morgan fingerprint density at radius 2 is 1.78 bits per heavy atom. The normalized spacial score (nSPS) is 13.4. The van der Waals surface area contributed by atoms with Crippen LogP contribution >= 0.6 is 12.4 Å². The number of amides is 1. The van der Waals surface area contributed by atoms with Gasteiger partial charge in [-0.3, -0.25) is 4.79 Å². The predicted octanol–water partition coefficient (Wildman–Crippen LogP) is 4.41. The number of carbonyl (C=O) groups is 1. The van der Waals surface area contributed by atoms with Crippen molar-refractivity contribution in [1.29, 1.82) is 0 Å². The number of halogens is 2. The van der Waals surface area contributed by atoms with Crippen LogP contribution in [0.3, 0.4) is 0 Å². The van der Waals surface area contributed by atoms with Gasteiger partial charge in [0, 0.05) is 52.9 Å². The Balaban J connectivity index is 0.00000363. The predicted molar refractivity (Wildman–Crippen MR) is 133 cm³/mol. The number of methoxy groups -OCH3 is 1. The lowest BCUT2D eigenvalue weighted by molar-refractivity contribution is 0.0828. The Hall–Kier alpha value is -2.67. The standard InChI is InChI=1S/C24H33FN4O2.ClH/c1-6-9-26-20-15-17(2)14-19(24(30)27(3)4)23(20)29-12-10-28(11-13-29)21-16-18(25)7-8-22(21)31-5;/h7-8,14-16,26H,6,9-13H2,1-5H3;1H. The van der Waals surface area contributed by atoms with Crippen LogP contribution in [0.5, 0.6) is 5.75 Å². The average Bonchev–Trinajstić information content (AvgIpc) is 2.76. The van der Waals surface area contributed by atoms with Crippen LogP contribution in [0, 0.1) is 12.7 Å². The lowest BCUT2D eigenvalue weighted by atomic mass is 10.0. The van der Waals surface area contributed by atoms with Crippen molar-refractivity contribution in [2.75, 3.05) is 69.0 Å². The summed E-state index contributed by atoms with van der Waals surface area (Å²) in [5.74, 6) is 0.383. The molecule has 0 spiro atoms. The molecule has 0 aromatic heterocycles. The monoisotopic (exact) mass is 464 g/mol. The summed E-state index contributed by atoms with van der Waals surface area (Å²) in [6.45, 7) is 7.83. The zero-order valence-electron chi connectivity index (χ0n) is 19.6. The lowest BCUT2D eigenvalue weighted by Crippen LogP contribution is -2.47. The summed E-state index contributed by atoms with van der Waals surface area (Å²) < 4.78 is 19.3. The van der Waals surface area contributed by atoms with Gasteiger partial charge in [0.25, 0.3) is 5.91 Å². The van der Waals surface area contributed by atoms with Gasteiger partial charge in [-0.1, -0.05) is 6.92 Å². The van der Waals surface area contributed by atoms with Crippen LogP contribution < -0.4 is 19.9 Å². The lowest BCUT2D eigenvalue weighted by Gasteiger charge is -2.39. The summed E-state index contributed by atoms with van der Waals surface area (Å²) >= 11 is 0. The Bertz CT molecular complexity index is 930. The van der Waals surface area contributed by atoms with Crippen molar-refractivity contribution in [1.82, 2.24) is 4.90 Å². The number of aryl methyl sites for hydroxylation is 1. The SMILES string of the molecule is CCCNc1cc(C)cc(C(=O)N(C)C)c1N1CCN(c2cc(F)ccc2OC)CC1.Cl. The molecule has 1 N–H and O–H groups in total. The maximum absolute atomic E-state index is 13.9. The molecular weight excluding hydrogens is 431 g/mol. The van der Waals surface area contributed by atoms with E-state index in [1.807, 2.05) is 13.0 Å². The molecule has 6 nitrogen and oxygen atoms in total. The van der Waals surface area contributed by atoms with Gasteiger partial charge in [0.1, 0.15) is 11.6 Å². The molecular formula is C24H34ClFN4O2. The van der Waals surface area contributed by atoms with Gasteiger partial charge in [0.15, 0.2) is 0 Å². The zero-order chi connectivity index (χ0) is 22.5. The van der Waals surface area contributed by atoms with Crippen molar-refractivity contribution in [2.45, 2.75) is 20.3 Å². The molecule has 1 saturated heterocycles. The van der Waals surface area contributed by atoms with Crippen molar-refractivity contribution >= 4 is 35.4 Å². The van der Waals surface area contributed by atoms with Crippen molar-refractivity contribution in [2.24, 2.45) is 0 Å². The second-order valence-corrected chi connectivity index (χ2v) is 8.13. The van der Waals surface area contributed by atoms with Gasteiger partial charge < -0.3 is 24.8 Å². The van der Waals surface area contributed by atoms with Crippen LogP contribution in [0.25, 0.3) is 0 Å². The number of hydrogen-bond donors (Lipinski definition) is 1. The molecule has 176 valence electrons. The fraction of sp³-hybridized carbons (Fsp3) is 0.458. The van der Waals surface area contributed by atoms with Gasteiger partial charge in [-0.15, -0.1) is 12.4 Å². The molecule has 1 amide bonds. The summed E-state index contributed by atoms with van der Waals surface area (Å²) in [4.78, 5) is 19.0.